The van der Waals surface area contributed by atoms with Gasteiger partial charge in [-0.2, -0.15) is 9.90 Å². The van der Waals surface area contributed by atoms with Crippen LogP contribution in [0.15, 0.2) is 0 Å². The molecule has 2 aliphatic rings. The Labute approximate surface area is 68.5 Å². The van der Waals surface area contributed by atoms with Crippen molar-refractivity contribution >= 4 is 0 Å². The first-order valence-electron chi connectivity index (χ1n) is 4.46. The van der Waals surface area contributed by atoms with Crippen LogP contribution in [0.3, 0.4) is 0 Å². The van der Waals surface area contributed by atoms with Crippen molar-refractivity contribution in [1.29, 1.82) is 0 Å². The van der Waals surface area contributed by atoms with E-state index in [1.807, 2.05) is 0 Å². The van der Waals surface area contributed by atoms with Crippen LogP contribution in [0.1, 0.15) is 40.5 Å². The quantitative estimate of drug-likeness (QED) is 0.540. The first-order chi connectivity index (χ1) is 4.92. The zero-order valence-corrected chi connectivity index (χ0v) is 7.90. The summed E-state index contributed by atoms with van der Waals surface area (Å²) in [5, 5.41) is 1.34. The summed E-state index contributed by atoms with van der Waals surface area (Å²) in [6, 6.07) is 0. The van der Waals surface area contributed by atoms with E-state index in [9.17, 15) is 0 Å². The maximum Gasteiger partial charge on any atom is 0.129 e. The molecule has 2 aliphatic heterocycles. The smallest absolute Gasteiger partial charge is 0.129 e. The summed E-state index contributed by atoms with van der Waals surface area (Å²) in [6.07, 6.45) is 2.98. The van der Waals surface area contributed by atoms with Crippen LogP contribution in [0.25, 0.3) is 0 Å². The number of nitrogens with one attached hydrogen (secondary N) is 1. The molecule has 0 atom stereocenters. The number of hydrogen-bond donors (Lipinski definition) is 1. The van der Waals surface area contributed by atoms with Gasteiger partial charge in [-0.15, -0.1) is 0 Å². The van der Waals surface area contributed by atoms with Crippen LogP contribution in [-0.4, -0.2) is 17.2 Å². The van der Waals surface area contributed by atoms with E-state index >= 15 is 0 Å². The zero-order chi connectivity index (χ0) is 8.28. The molecular formula is C9H18NO+. The lowest BCUT2D eigenvalue weighted by atomic mass is 9.83. The monoisotopic (exact) mass is 156 g/mol. The van der Waals surface area contributed by atoms with Crippen molar-refractivity contribution in [2.45, 2.75) is 57.7 Å². The molecule has 2 nitrogen and oxygen atoms in total. The first-order valence-corrected chi connectivity index (χ1v) is 4.46. The maximum atomic E-state index is 5.82. The fraction of sp³-hybridized carbons (Fsp3) is 1.00. The number of fused-ring (bicyclic) bond motifs is 2. The standard InChI is InChI=1S/C9H17NO/c1-8(2)5-7-6-9(3,4)10(8)11-7/h7H,5-6H2,1-4H3/p+1. The van der Waals surface area contributed by atoms with E-state index in [0.29, 0.717) is 17.2 Å². The second kappa shape index (κ2) is 1.80. The average molecular weight is 156 g/mol. The van der Waals surface area contributed by atoms with Crippen LogP contribution in [0, 0.1) is 0 Å². The molecule has 0 spiro atoms. The maximum absolute atomic E-state index is 5.82. The predicted octanol–water partition coefficient (Wildman–Crippen LogP) is 0.536. The highest BCUT2D eigenvalue weighted by Crippen LogP contribution is 2.31. The molecule has 0 unspecified atom stereocenters. The molecule has 64 valence electrons. The highest BCUT2D eigenvalue weighted by atomic mass is 16.7. The second-order valence-electron chi connectivity index (χ2n) is 5.24. The Morgan fingerprint density at radius 3 is 1.73 bits per heavy atom. The van der Waals surface area contributed by atoms with Gasteiger partial charge in [0.25, 0.3) is 0 Å². The SMILES string of the molecule is CC1(C)CC2CC(C)(C)[NH+]1O2. The molecule has 2 saturated heterocycles. The second-order valence-corrected chi connectivity index (χ2v) is 5.24. The summed E-state index contributed by atoms with van der Waals surface area (Å²) < 4.78 is 0. The van der Waals surface area contributed by atoms with E-state index in [1.165, 1.54) is 17.9 Å². The highest BCUT2D eigenvalue weighted by Gasteiger charge is 2.59. The van der Waals surface area contributed by atoms with Crippen molar-refractivity contribution in [2.75, 3.05) is 0 Å². The van der Waals surface area contributed by atoms with Gasteiger partial charge < -0.3 is 0 Å². The molecule has 0 aliphatic carbocycles. The lowest BCUT2D eigenvalue weighted by molar-refractivity contribution is -1.13. The number of quaternary nitrogens is 1. The zero-order valence-electron chi connectivity index (χ0n) is 7.90. The minimum atomic E-state index is 0.340. The first kappa shape index (κ1) is 7.56. The number of hydrogen-bond acceptors (Lipinski definition) is 1. The summed E-state index contributed by atoms with van der Waals surface area (Å²) in [5.41, 5.74) is 0.679. The molecule has 2 heterocycles. The fourth-order valence-corrected chi connectivity index (χ4v) is 2.88. The Bertz CT molecular complexity index is 168. The lowest BCUT2D eigenvalue weighted by Crippen LogP contribution is -3.21. The Morgan fingerprint density at radius 1 is 1.09 bits per heavy atom. The number of rotatable bonds is 0. The molecule has 11 heavy (non-hydrogen) atoms. The summed E-state index contributed by atoms with van der Waals surface area (Å²) >= 11 is 0. The summed E-state index contributed by atoms with van der Waals surface area (Å²) in [7, 11) is 0. The fourth-order valence-electron chi connectivity index (χ4n) is 2.88. The van der Waals surface area contributed by atoms with Crippen LogP contribution >= 0.6 is 0 Å². The van der Waals surface area contributed by atoms with Gasteiger partial charge in [0.2, 0.25) is 0 Å². The molecule has 2 bridgehead atoms. The Kier molecular flexibility index (Phi) is 1.24. The molecule has 1 N–H and O–H groups in total. The largest absolute Gasteiger partial charge is 0.200 e. The van der Waals surface area contributed by atoms with Gasteiger partial charge in [-0.3, -0.25) is 0 Å². The van der Waals surface area contributed by atoms with Gasteiger partial charge in [0.1, 0.15) is 17.2 Å². The highest BCUT2D eigenvalue weighted by molar-refractivity contribution is 4.88. The minimum Gasteiger partial charge on any atom is -0.200 e. The van der Waals surface area contributed by atoms with Crippen molar-refractivity contribution < 1.29 is 9.90 Å². The van der Waals surface area contributed by atoms with E-state index in [-0.39, 0.29) is 0 Å². The Hall–Kier alpha value is -0.0800. The van der Waals surface area contributed by atoms with Gasteiger partial charge in [0, 0.05) is 12.8 Å². The molecular weight excluding hydrogens is 138 g/mol. The third-order valence-electron chi connectivity index (χ3n) is 2.99. The van der Waals surface area contributed by atoms with Crippen LogP contribution in [0.4, 0.5) is 0 Å². The topological polar surface area (TPSA) is 13.7 Å². The molecule has 0 radical (unpaired) electrons. The average Bonchev–Trinajstić information content (AvgIpc) is 2.14. The summed E-state index contributed by atoms with van der Waals surface area (Å²) in [6.45, 7) is 9.18. The minimum absolute atomic E-state index is 0.340. The van der Waals surface area contributed by atoms with Gasteiger partial charge in [0.15, 0.2) is 0 Å². The van der Waals surface area contributed by atoms with Gasteiger partial charge in [-0.1, -0.05) is 0 Å². The van der Waals surface area contributed by atoms with Gasteiger partial charge in [-0.25, -0.2) is 0 Å². The van der Waals surface area contributed by atoms with Crippen LogP contribution in [0.2, 0.25) is 0 Å². The van der Waals surface area contributed by atoms with E-state index < -0.39 is 0 Å². The number of piperidine rings is 1. The van der Waals surface area contributed by atoms with E-state index in [2.05, 4.69) is 27.7 Å². The Morgan fingerprint density at radius 2 is 1.55 bits per heavy atom. The molecule has 0 saturated carbocycles. The molecule has 2 heteroatoms. The predicted molar refractivity (Wildman–Crippen MR) is 43.2 cm³/mol. The van der Waals surface area contributed by atoms with Crippen molar-refractivity contribution in [2.24, 2.45) is 0 Å². The van der Waals surface area contributed by atoms with Crippen molar-refractivity contribution in [3.8, 4) is 0 Å². The van der Waals surface area contributed by atoms with Crippen LogP contribution in [0.5, 0.6) is 0 Å². The Balaban J connectivity index is 2.28. The lowest BCUT2D eigenvalue weighted by Gasteiger charge is -2.35. The molecule has 0 amide bonds. The van der Waals surface area contributed by atoms with Crippen molar-refractivity contribution in [3.05, 3.63) is 0 Å². The van der Waals surface area contributed by atoms with Crippen molar-refractivity contribution in [3.63, 3.8) is 0 Å². The molecule has 0 aromatic rings. The van der Waals surface area contributed by atoms with E-state index in [4.69, 9.17) is 4.84 Å². The number of hydroxylamine groups is 2. The van der Waals surface area contributed by atoms with E-state index in [0.717, 1.165) is 0 Å². The molecule has 2 rings (SSSR count). The molecule has 2 fully saturated rings. The summed E-state index contributed by atoms with van der Waals surface area (Å²) in [5.74, 6) is 0. The van der Waals surface area contributed by atoms with Gasteiger partial charge in [0.05, 0.1) is 0 Å². The van der Waals surface area contributed by atoms with Gasteiger partial charge >= 0.3 is 0 Å². The molecule has 0 aromatic heterocycles. The van der Waals surface area contributed by atoms with Crippen molar-refractivity contribution in [1.82, 2.24) is 0 Å². The molecule has 0 aromatic carbocycles. The third-order valence-corrected chi connectivity index (χ3v) is 2.99. The normalized spacial score (nSPS) is 44.7. The van der Waals surface area contributed by atoms with Crippen LogP contribution in [-0.2, 0) is 4.84 Å². The van der Waals surface area contributed by atoms with E-state index in [1.54, 1.807) is 0 Å². The van der Waals surface area contributed by atoms with Gasteiger partial charge in [-0.05, 0) is 27.7 Å². The third kappa shape index (κ3) is 0.926. The van der Waals surface area contributed by atoms with Crippen LogP contribution < -0.4 is 5.06 Å². The summed E-state index contributed by atoms with van der Waals surface area (Å²) in [4.78, 5) is 5.82.